The standard InChI is InChI=1S/C13H28N2O/c1-10(2)14-7-13(16)9-15(11(3)4)8-12-5-6-12/h10-14,16H,5-9H2,1-4H3. The summed E-state index contributed by atoms with van der Waals surface area (Å²) in [7, 11) is 0. The van der Waals surface area contributed by atoms with Crippen molar-refractivity contribution in [2.45, 2.75) is 58.7 Å². The van der Waals surface area contributed by atoms with Gasteiger partial charge < -0.3 is 10.4 Å². The van der Waals surface area contributed by atoms with Gasteiger partial charge in [0.2, 0.25) is 0 Å². The monoisotopic (exact) mass is 228 g/mol. The fourth-order valence-electron chi connectivity index (χ4n) is 1.84. The fourth-order valence-corrected chi connectivity index (χ4v) is 1.84. The van der Waals surface area contributed by atoms with Crippen LogP contribution in [-0.2, 0) is 0 Å². The van der Waals surface area contributed by atoms with Gasteiger partial charge in [-0.25, -0.2) is 0 Å². The van der Waals surface area contributed by atoms with E-state index in [9.17, 15) is 5.11 Å². The summed E-state index contributed by atoms with van der Waals surface area (Å²) in [5.74, 6) is 0.896. The zero-order valence-corrected chi connectivity index (χ0v) is 11.2. The molecule has 0 aliphatic heterocycles. The number of hydrogen-bond donors (Lipinski definition) is 2. The molecule has 16 heavy (non-hydrogen) atoms. The van der Waals surface area contributed by atoms with Gasteiger partial charge >= 0.3 is 0 Å². The molecule has 1 fully saturated rings. The van der Waals surface area contributed by atoms with Crippen LogP contribution in [0.2, 0.25) is 0 Å². The van der Waals surface area contributed by atoms with Crippen molar-refractivity contribution in [1.29, 1.82) is 0 Å². The van der Waals surface area contributed by atoms with E-state index in [1.807, 2.05) is 0 Å². The lowest BCUT2D eigenvalue weighted by Gasteiger charge is -2.29. The molecular weight excluding hydrogens is 200 g/mol. The van der Waals surface area contributed by atoms with Crippen LogP contribution in [0.3, 0.4) is 0 Å². The summed E-state index contributed by atoms with van der Waals surface area (Å²) in [5, 5.41) is 13.2. The lowest BCUT2D eigenvalue weighted by molar-refractivity contribution is 0.0902. The molecule has 0 spiro atoms. The summed E-state index contributed by atoms with van der Waals surface area (Å²) in [5.41, 5.74) is 0. The summed E-state index contributed by atoms with van der Waals surface area (Å²) in [6, 6.07) is 0.986. The minimum atomic E-state index is -0.247. The highest BCUT2D eigenvalue weighted by atomic mass is 16.3. The van der Waals surface area contributed by atoms with Gasteiger partial charge in [0.25, 0.3) is 0 Å². The van der Waals surface area contributed by atoms with Crippen LogP contribution in [0.25, 0.3) is 0 Å². The van der Waals surface area contributed by atoms with E-state index >= 15 is 0 Å². The predicted octanol–water partition coefficient (Wildman–Crippen LogP) is 1.47. The molecular formula is C13H28N2O. The fraction of sp³-hybridized carbons (Fsp3) is 1.00. The Hall–Kier alpha value is -0.120. The van der Waals surface area contributed by atoms with Gasteiger partial charge in [-0.05, 0) is 32.6 Å². The van der Waals surface area contributed by atoms with Gasteiger partial charge in [-0.15, -0.1) is 0 Å². The molecule has 0 aromatic rings. The summed E-state index contributed by atoms with van der Waals surface area (Å²) in [4.78, 5) is 2.41. The lowest BCUT2D eigenvalue weighted by atomic mass is 10.2. The zero-order valence-electron chi connectivity index (χ0n) is 11.2. The highest BCUT2D eigenvalue weighted by Crippen LogP contribution is 2.30. The molecule has 1 aliphatic rings. The molecule has 1 aliphatic carbocycles. The maximum atomic E-state index is 9.95. The SMILES string of the molecule is CC(C)NCC(O)CN(CC1CC1)C(C)C. The van der Waals surface area contributed by atoms with Gasteiger partial charge in [0.1, 0.15) is 0 Å². The van der Waals surface area contributed by atoms with E-state index < -0.39 is 0 Å². The summed E-state index contributed by atoms with van der Waals surface area (Å²) >= 11 is 0. The molecule has 0 radical (unpaired) electrons. The maximum absolute atomic E-state index is 9.95. The molecule has 1 unspecified atom stereocenters. The Kier molecular flexibility index (Phi) is 5.73. The summed E-state index contributed by atoms with van der Waals surface area (Å²) in [6.45, 7) is 11.3. The maximum Gasteiger partial charge on any atom is 0.0791 e. The minimum absolute atomic E-state index is 0.247. The average molecular weight is 228 g/mol. The van der Waals surface area contributed by atoms with Gasteiger partial charge in [0.05, 0.1) is 6.10 Å². The number of nitrogens with zero attached hydrogens (tertiary/aromatic N) is 1. The summed E-state index contributed by atoms with van der Waals surface area (Å²) in [6.07, 6.45) is 2.51. The van der Waals surface area contributed by atoms with Crippen molar-refractivity contribution < 1.29 is 5.11 Å². The molecule has 2 N–H and O–H groups in total. The third-order valence-electron chi connectivity index (χ3n) is 3.13. The Morgan fingerprint density at radius 2 is 1.88 bits per heavy atom. The van der Waals surface area contributed by atoms with Crippen LogP contribution < -0.4 is 5.32 Å². The number of aliphatic hydroxyl groups excluding tert-OH is 1. The van der Waals surface area contributed by atoms with Crippen molar-refractivity contribution in [3.63, 3.8) is 0 Å². The Morgan fingerprint density at radius 1 is 1.25 bits per heavy atom. The van der Waals surface area contributed by atoms with Crippen LogP contribution in [0.5, 0.6) is 0 Å². The molecule has 3 heteroatoms. The van der Waals surface area contributed by atoms with Gasteiger partial charge in [-0.3, -0.25) is 4.90 Å². The predicted molar refractivity (Wildman–Crippen MR) is 68.6 cm³/mol. The molecule has 3 nitrogen and oxygen atoms in total. The Morgan fingerprint density at radius 3 is 2.31 bits per heavy atom. The van der Waals surface area contributed by atoms with Crippen molar-refractivity contribution >= 4 is 0 Å². The molecule has 1 rings (SSSR count). The Balaban J connectivity index is 2.23. The lowest BCUT2D eigenvalue weighted by Crippen LogP contribution is -2.43. The summed E-state index contributed by atoms with van der Waals surface area (Å²) < 4.78 is 0. The van der Waals surface area contributed by atoms with E-state index in [4.69, 9.17) is 0 Å². The van der Waals surface area contributed by atoms with E-state index in [1.54, 1.807) is 0 Å². The van der Waals surface area contributed by atoms with Crippen LogP contribution in [0.4, 0.5) is 0 Å². The van der Waals surface area contributed by atoms with E-state index in [0.717, 1.165) is 19.0 Å². The van der Waals surface area contributed by atoms with E-state index in [2.05, 4.69) is 37.9 Å². The molecule has 0 heterocycles. The van der Waals surface area contributed by atoms with Crippen molar-refractivity contribution in [2.24, 2.45) is 5.92 Å². The molecule has 96 valence electrons. The first-order valence-corrected chi connectivity index (χ1v) is 6.64. The quantitative estimate of drug-likeness (QED) is 0.660. The minimum Gasteiger partial charge on any atom is -0.390 e. The first-order chi connectivity index (χ1) is 7.49. The van der Waals surface area contributed by atoms with Crippen molar-refractivity contribution in [3.8, 4) is 0 Å². The smallest absolute Gasteiger partial charge is 0.0791 e. The molecule has 1 saturated carbocycles. The van der Waals surface area contributed by atoms with Crippen LogP contribution in [0.15, 0.2) is 0 Å². The van der Waals surface area contributed by atoms with Crippen LogP contribution in [-0.4, -0.2) is 47.8 Å². The first kappa shape index (κ1) is 13.9. The second kappa shape index (κ2) is 6.58. The normalized spacial score (nSPS) is 18.8. The van der Waals surface area contributed by atoms with Crippen molar-refractivity contribution in [1.82, 2.24) is 10.2 Å². The van der Waals surface area contributed by atoms with Crippen LogP contribution in [0.1, 0.15) is 40.5 Å². The Labute approximate surface area is 100 Å². The van der Waals surface area contributed by atoms with Gasteiger partial charge in [-0.1, -0.05) is 13.8 Å². The average Bonchev–Trinajstić information content (AvgIpc) is 2.97. The van der Waals surface area contributed by atoms with E-state index in [1.165, 1.54) is 12.8 Å². The third kappa shape index (κ3) is 5.83. The van der Waals surface area contributed by atoms with E-state index in [-0.39, 0.29) is 6.10 Å². The van der Waals surface area contributed by atoms with Gasteiger partial charge in [-0.2, -0.15) is 0 Å². The molecule has 0 saturated heterocycles. The molecule has 0 aromatic heterocycles. The number of aliphatic hydroxyl groups is 1. The van der Waals surface area contributed by atoms with Crippen molar-refractivity contribution in [3.05, 3.63) is 0 Å². The van der Waals surface area contributed by atoms with E-state index in [0.29, 0.717) is 18.6 Å². The zero-order chi connectivity index (χ0) is 12.1. The first-order valence-electron chi connectivity index (χ1n) is 6.64. The van der Waals surface area contributed by atoms with Crippen LogP contribution >= 0.6 is 0 Å². The number of nitrogens with one attached hydrogen (secondary N) is 1. The number of rotatable bonds is 8. The van der Waals surface area contributed by atoms with Gasteiger partial charge in [0, 0.05) is 31.7 Å². The molecule has 0 aromatic carbocycles. The Bertz CT molecular complexity index is 190. The highest BCUT2D eigenvalue weighted by Gasteiger charge is 2.26. The van der Waals surface area contributed by atoms with Crippen molar-refractivity contribution in [2.75, 3.05) is 19.6 Å². The molecule has 0 bridgehead atoms. The van der Waals surface area contributed by atoms with Gasteiger partial charge in [0.15, 0.2) is 0 Å². The second-order valence-electron chi connectivity index (χ2n) is 5.71. The third-order valence-corrected chi connectivity index (χ3v) is 3.13. The largest absolute Gasteiger partial charge is 0.390 e. The topological polar surface area (TPSA) is 35.5 Å². The second-order valence-corrected chi connectivity index (χ2v) is 5.71. The molecule has 1 atom stereocenters. The highest BCUT2D eigenvalue weighted by molar-refractivity contribution is 4.80. The van der Waals surface area contributed by atoms with Crippen LogP contribution in [0, 0.1) is 5.92 Å². The molecule has 0 amide bonds. The number of hydrogen-bond acceptors (Lipinski definition) is 3.